The van der Waals surface area contributed by atoms with E-state index in [1.165, 1.54) is 40.5 Å². The van der Waals surface area contributed by atoms with Gasteiger partial charge in [-0.3, -0.25) is 9.10 Å². The van der Waals surface area contributed by atoms with E-state index in [0.717, 1.165) is 11.8 Å². The highest BCUT2D eigenvalue weighted by Gasteiger charge is 2.14. The number of likely N-dealkylation sites (N-methyl/N-ethyl adjacent to an activating group) is 1. The van der Waals surface area contributed by atoms with Crippen LogP contribution in [-0.2, 0) is 21.2 Å². The lowest BCUT2D eigenvalue weighted by Gasteiger charge is -2.18. The van der Waals surface area contributed by atoms with Crippen molar-refractivity contribution in [1.82, 2.24) is 0 Å². The highest BCUT2D eigenvalue weighted by molar-refractivity contribution is 7.92. The van der Waals surface area contributed by atoms with Gasteiger partial charge in [-0.15, -0.1) is 0 Å². The molecule has 128 valence electrons. The summed E-state index contributed by atoms with van der Waals surface area (Å²) in [7, 11) is -0.221. The van der Waals surface area contributed by atoms with Gasteiger partial charge in [-0.25, -0.2) is 12.8 Å². The number of amides is 1. The second-order valence-electron chi connectivity index (χ2n) is 5.50. The van der Waals surface area contributed by atoms with E-state index in [1.54, 1.807) is 31.3 Å². The number of hydrogen-bond donors (Lipinski definition) is 0. The van der Waals surface area contributed by atoms with Gasteiger partial charge in [0.15, 0.2) is 0 Å². The zero-order chi connectivity index (χ0) is 17.9. The van der Waals surface area contributed by atoms with Gasteiger partial charge in [-0.05, 0) is 42.0 Å². The standard InChI is InChI=1S/C17H19FN2O3S/c1-19(15-10-6-14(18)7-11-15)17(21)12-13-4-8-16(9-5-13)20(2)24(3,22)23/h4-11H,12H2,1-3H3. The summed E-state index contributed by atoms with van der Waals surface area (Å²) in [4.78, 5) is 13.8. The first kappa shape index (κ1) is 17.9. The predicted octanol–water partition coefficient (Wildman–Crippen LogP) is 2.43. The van der Waals surface area contributed by atoms with Crippen LogP contribution in [0.15, 0.2) is 48.5 Å². The highest BCUT2D eigenvalue weighted by atomic mass is 32.2. The van der Waals surface area contributed by atoms with Gasteiger partial charge < -0.3 is 4.90 Å². The zero-order valence-corrected chi connectivity index (χ0v) is 14.5. The molecule has 1 amide bonds. The molecule has 0 atom stereocenters. The zero-order valence-electron chi connectivity index (χ0n) is 13.7. The molecule has 0 radical (unpaired) electrons. The summed E-state index contributed by atoms with van der Waals surface area (Å²) in [5.41, 5.74) is 1.90. The van der Waals surface area contributed by atoms with Crippen LogP contribution >= 0.6 is 0 Å². The number of sulfonamides is 1. The molecule has 0 saturated carbocycles. The molecule has 0 saturated heterocycles. The van der Waals surface area contributed by atoms with E-state index in [4.69, 9.17) is 0 Å². The molecule has 24 heavy (non-hydrogen) atoms. The van der Waals surface area contributed by atoms with E-state index >= 15 is 0 Å². The van der Waals surface area contributed by atoms with Crippen molar-refractivity contribution in [1.29, 1.82) is 0 Å². The first-order valence-corrected chi connectivity index (χ1v) is 9.08. The molecule has 2 aromatic carbocycles. The van der Waals surface area contributed by atoms with E-state index in [1.807, 2.05) is 0 Å². The maximum absolute atomic E-state index is 12.9. The van der Waals surface area contributed by atoms with Gasteiger partial charge in [0.05, 0.1) is 18.4 Å². The minimum absolute atomic E-state index is 0.147. The van der Waals surface area contributed by atoms with Crippen LogP contribution < -0.4 is 9.21 Å². The van der Waals surface area contributed by atoms with E-state index in [-0.39, 0.29) is 18.1 Å². The summed E-state index contributed by atoms with van der Waals surface area (Å²) in [6.45, 7) is 0. The minimum atomic E-state index is -3.32. The third kappa shape index (κ3) is 4.32. The van der Waals surface area contributed by atoms with Gasteiger partial charge in [0.2, 0.25) is 15.9 Å². The van der Waals surface area contributed by atoms with Crippen molar-refractivity contribution in [2.45, 2.75) is 6.42 Å². The summed E-state index contributed by atoms with van der Waals surface area (Å²) < 4.78 is 37.1. The Morgan fingerprint density at radius 3 is 1.96 bits per heavy atom. The molecular formula is C17H19FN2O3S. The fourth-order valence-corrected chi connectivity index (χ4v) is 2.62. The summed E-state index contributed by atoms with van der Waals surface area (Å²) >= 11 is 0. The summed E-state index contributed by atoms with van der Waals surface area (Å²) in [5, 5.41) is 0. The maximum atomic E-state index is 12.9. The first-order chi connectivity index (χ1) is 11.2. The Kier molecular flexibility index (Phi) is 5.23. The van der Waals surface area contributed by atoms with Crippen molar-refractivity contribution < 1.29 is 17.6 Å². The molecule has 2 rings (SSSR count). The van der Waals surface area contributed by atoms with Crippen LogP contribution in [0.3, 0.4) is 0 Å². The fraction of sp³-hybridized carbons (Fsp3) is 0.235. The average Bonchev–Trinajstić information content (AvgIpc) is 2.54. The lowest BCUT2D eigenvalue weighted by molar-refractivity contribution is -0.117. The third-order valence-electron chi connectivity index (χ3n) is 3.74. The smallest absolute Gasteiger partial charge is 0.231 e. The van der Waals surface area contributed by atoms with Gasteiger partial charge in [0.25, 0.3) is 0 Å². The Morgan fingerprint density at radius 1 is 0.958 bits per heavy atom. The largest absolute Gasteiger partial charge is 0.315 e. The minimum Gasteiger partial charge on any atom is -0.315 e. The van der Waals surface area contributed by atoms with Crippen LogP contribution in [0.4, 0.5) is 15.8 Å². The number of carbonyl (C=O) groups is 1. The molecular weight excluding hydrogens is 331 g/mol. The molecule has 0 unspecified atom stereocenters. The summed E-state index contributed by atoms with van der Waals surface area (Å²) in [6.07, 6.45) is 1.29. The molecule has 0 N–H and O–H groups in total. The molecule has 5 nitrogen and oxygen atoms in total. The molecule has 0 aliphatic rings. The second kappa shape index (κ2) is 7.00. The van der Waals surface area contributed by atoms with Crippen molar-refractivity contribution in [3.05, 3.63) is 59.9 Å². The van der Waals surface area contributed by atoms with Crippen molar-refractivity contribution in [2.24, 2.45) is 0 Å². The van der Waals surface area contributed by atoms with Crippen LogP contribution in [0.5, 0.6) is 0 Å². The van der Waals surface area contributed by atoms with Gasteiger partial charge in [-0.2, -0.15) is 0 Å². The van der Waals surface area contributed by atoms with Gasteiger partial charge >= 0.3 is 0 Å². The van der Waals surface area contributed by atoms with Crippen molar-refractivity contribution in [2.75, 3.05) is 29.6 Å². The highest BCUT2D eigenvalue weighted by Crippen LogP contribution is 2.18. The Hall–Kier alpha value is -2.41. The van der Waals surface area contributed by atoms with Crippen LogP contribution in [0, 0.1) is 5.82 Å². The quantitative estimate of drug-likeness (QED) is 0.832. The number of rotatable bonds is 5. The summed E-state index contributed by atoms with van der Waals surface area (Å²) in [5.74, 6) is -0.504. The molecule has 0 fully saturated rings. The average molecular weight is 350 g/mol. The Bertz CT molecular complexity index is 818. The number of halogens is 1. The topological polar surface area (TPSA) is 57.7 Å². The number of nitrogens with zero attached hydrogens (tertiary/aromatic N) is 2. The fourth-order valence-electron chi connectivity index (χ4n) is 2.12. The number of carbonyl (C=O) groups excluding carboxylic acids is 1. The van der Waals surface area contributed by atoms with Crippen LogP contribution in [0.2, 0.25) is 0 Å². The van der Waals surface area contributed by atoms with Crippen LogP contribution in [0.25, 0.3) is 0 Å². The van der Waals surface area contributed by atoms with Gasteiger partial charge in [0.1, 0.15) is 5.82 Å². The molecule has 0 heterocycles. The van der Waals surface area contributed by atoms with E-state index in [0.29, 0.717) is 11.4 Å². The molecule has 0 aliphatic carbocycles. The van der Waals surface area contributed by atoms with Gasteiger partial charge in [-0.1, -0.05) is 12.1 Å². The van der Waals surface area contributed by atoms with Gasteiger partial charge in [0, 0.05) is 19.8 Å². The predicted molar refractivity (Wildman–Crippen MR) is 93.2 cm³/mol. The van der Waals surface area contributed by atoms with Crippen molar-refractivity contribution in [3.63, 3.8) is 0 Å². The molecule has 0 aliphatic heterocycles. The molecule has 7 heteroatoms. The lowest BCUT2D eigenvalue weighted by Crippen LogP contribution is -2.28. The Balaban J connectivity index is 2.08. The first-order valence-electron chi connectivity index (χ1n) is 7.23. The molecule has 2 aromatic rings. The van der Waals surface area contributed by atoms with E-state index < -0.39 is 10.0 Å². The van der Waals surface area contributed by atoms with E-state index in [9.17, 15) is 17.6 Å². The Morgan fingerprint density at radius 2 is 1.46 bits per heavy atom. The number of hydrogen-bond acceptors (Lipinski definition) is 3. The third-order valence-corrected chi connectivity index (χ3v) is 4.95. The van der Waals surface area contributed by atoms with Crippen LogP contribution in [-0.4, -0.2) is 34.7 Å². The van der Waals surface area contributed by atoms with Crippen molar-refractivity contribution >= 4 is 27.3 Å². The maximum Gasteiger partial charge on any atom is 0.231 e. The molecule has 0 spiro atoms. The number of anilines is 2. The SMILES string of the molecule is CN(C(=O)Cc1ccc(N(C)S(C)(=O)=O)cc1)c1ccc(F)cc1. The second-order valence-corrected chi connectivity index (χ2v) is 7.52. The lowest BCUT2D eigenvalue weighted by atomic mass is 10.1. The van der Waals surface area contributed by atoms with Crippen molar-refractivity contribution in [3.8, 4) is 0 Å². The summed E-state index contributed by atoms with van der Waals surface area (Å²) in [6, 6.07) is 12.4. The number of benzene rings is 2. The molecule has 0 bridgehead atoms. The van der Waals surface area contributed by atoms with E-state index in [2.05, 4.69) is 0 Å². The Labute approximate surface area is 141 Å². The molecule has 0 aromatic heterocycles. The van der Waals surface area contributed by atoms with Crippen LogP contribution in [0.1, 0.15) is 5.56 Å². The normalized spacial score (nSPS) is 11.2. The monoisotopic (exact) mass is 350 g/mol.